The molecule has 0 aliphatic rings. The summed E-state index contributed by atoms with van der Waals surface area (Å²) < 4.78 is 0. The van der Waals surface area contributed by atoms with Crippen LogP contribution >= 0.6 is 0 Å². The van der Waals surface area contributed by atoms with Crippen molar-refractivity contribution in [3.8, 4) is 0 Å². The Morgan fingerprint density at radius 1 is 0.960 bits per heavy atom. The van der Waals surface area contributed by atoms with Gasteiger partial charge in [-0.2, -0.15) is 0 Å². The van der Waals surface area contributed by atoms with Crippen LogP contribution in [0.25, 0.3) is 0 Å². The van der Waals surface area contributed by atoms with Gasteiger partial charge in [0.15, 0.2) is 5.78 Å². The second-order valence-electron chi connectivity index (χ2n) is 6.14. The van der Waals surface area contributed by atoms with Crippen molar-refractivity contribution in [3.63, 3.8) is 0 Å². The van der Waals surface area contributed by atoms with E-state index in [4.69, 9.17) is 0 Å². The lowest BCUT2D eigenvalue weighted by Gasteiger charge is -2.22. The molecule has 2 aromatic carbocycles. The van der Waals surface area contributed by atoms with Crippen LogP contribution in [0.1, 0.15) is 35.3 Å². The van der Waals surface area contributed by atoms with E-state index in [0.29, 0.717) is 16.9 Å². The number of hydrogen-bond donors (Lipinski definition) is 1. The first kappa shape index (κ1) is 18.4. The van der Waals surface area contributed by atoms with Crippen molar-refractivity contribution in [1.29, 1.82) is 0 Å². The molecule has 0 aromatic heterocycles. The maximum Gasteiger partial charge on any atom is 0.244 e. The average Bonchev–Trinajstić information content (AvgIpc) is 2.51. The Morgan fingerprint density at radius 3 is 2.16 bits per heavy atom. The second kappa shape index (κ2) is 7.75. The monoisotopic (exact) mass is 338 g/mol. The van der Waals surface area contributed by atoms with Crippen molar-refractivity contribution < 1.29 is 14.4 Å². The predicted molar refractivity (Wildman–Crippen MR) is 99.0 cm³/mol. The van der Waals surface area contributed by atoms with Gasteiger partial charge < -0.3 is 10.2 Å². The van der Waals surface area contributed by atoms with Crippen LogP contribution in [0.15, 0.2) is 42.5 Å². The van der Waals surface area contributed by atoms with E-state index in [1.165, 1.54) is 18.7 Å². The van der Waals surface area contributed by atoms with Gasteiger partial charge in [-0.15, -0.1) is 0 Å². The van der Waals surface area contributed by atoms with Crippen molar-refractivity contribution in [2.24, 2.45) is 0 Å². The Hall–Kier alpha value is -2.95. The first-order chi connectivity index (χ1) is 11.8. The highest BCUT2D eigenvalue weighted by Gasteiger charge is 2.16. The smallest absolute Gasteiger partial charge is 0.244 e. The van der Waals surface area contributed by atoms with Gasteiger partial charge in [-0.3, -0.25) is 14.4 Å². The number of anilines is 2. The molecule has 2 amide bonds. The molecule has 1 N–H and O–H groups in total. The highest BCUT2D eigenvalue weighted by atomic mass is 16.2. The van der Waals surface area contributed by atoms with Crippen molar-refractivity contribution in [2.45, 2.75) is 27.7 Å². The Labute approximate surface area is 147 Å². The van der Waals surface area contributed by atoms with Crippen LogP contribution in [-0.4, -0.2) is 24.1 Å². The lowest BCUT2D eigenvalue weighted by molar-refractivity contribution is -0.120. The fourth-order valence-corrected chi connectivity index (χ4v) is 2.65. The molecule has 0 spiro atoms. The number of amides is 2. The summed E-state index contributed by atoms with van der Waals surface area (Å²) in [6, 6.07) is 12.5. The van der Waals surface area contributed by atoms with E-state index in [9.17, 15) is 14.4 Å². The Balaban J connectivity index is 2.17. The SMILES string of the molecule is CC(=O)c1cccc(NC(=O)CN(C(C)=O)c2cc(C)cc(C)c2)c1. The summed E-state index contributed by atoms with van der Waals surface area (Å²) in [5.74, 6) is -0.607. The Bertz CT molecular complexity index is 807. The first-order valence-electron chi connectivity index (χ1n) is 8.03. The quantitative estimate of drug-likeness (QED) is 0.849. The molecule has 5 heteroatoms. The van der Waals surface area contributed by atoms with E-state index in [-0.39, 0.29) is 24.1 Å². The number of aryl methyl sites for hydroxylation is 2. The van der Waals surface area contributed by atoms with Crippen molar-refractivity contribution in [3.05, 3.63) is 59.2 Å². The average molecular weight is 338 g/mol. The zero-order chi connectivity index (χ0) is 18.6. The largest absolute Gasteiger partial charge is 0.325 e. The second-order valence-corrected chi connectivity index (χ2v) is 6.14. The van der Waals surface area contributed by atoms with E-state index < -0.39 is 0 Å². The molecular weight excluding hydrogens is 316 g/mol. The third-order valence-corrected chi connectivity index (χ3v) is 3.75. The van der Waals surface area contributed by atoms with Gasteiger partial charge in [0.05, 0.1) is 0 Å². The fourth-order valence-electron chi connectivity index (χ4n) is 2.65. The standard InChI is InChI=1S/C20H22N2O3/c1-13-8-14(2)10-19(9-13)22(16(4)24)12-20(25)21-18-7-5-6-17(11-18)15(3)23/h5-11H,12H2,1-4H3,(H,21,25). The van der Waals surface area contributed by atoms with Gasteiger partial charge in [-0.1, -0.05) is 18.2 Å². The maximum absolute atomic E-state index is 12.4. The molecule has 0 saturated carbocycles. The molecule has 0 saturated heterocycles. The van der Waals surface area contributed by atoms with Crippen LogP contribution in [0, 0.1) is 13.8 Å². The van der Waals surface area contributed by atoms with Gasteiger partial charge in [-0.05, 0) is 56.2 Å². The number of rotatable bonds is 5. The van der Waals surface area contributed by atoms with Crippen LogP contribution in [0.4, 0.5) is 11.4 Å². The number of nitrogens with one attached hydrogen (secondary N) is 1. The molecule has 0 heterocycles. The predicted octanol–water partition coefficient (Wildman–Crippen LogP) is 3.50. The van der Waals surface area contributed by atoms with Gasteiger partial charge >= 0.3 is 0 Å². The summed E-state index contributed by atoms with van der Waals surface area (Å²) in [7, 11) is 0. The van der Waals surface area contributed by atoms with Gasteiger partial charge in [0.2, 0.25) is 11.8 Å². The van der Waals surface area contributed by atoms with Gasteiger partial charge in [-0.25, -0.2) is 0 Å². The third-order valence-electron chi connectivity index (χ3n) is 3.75. The van der Waals surface area contributed by atoms with E-state index in [2.05, 4.69) is 5.32 Å². The number of carbonyl (C=O) groups is 3. The molecule has 0 atom stereocenters. The number of hydrogen-bond acceptors (Lipinski definition) is 3. The summed E-state index contributed by atoms with van der Waals surface area (Å²) in [6.07, 6.45) is 0. The Kier molecular flexibility index (Phi) is 5.70. The minimum atomic E-state index is -0.324. The first-order valence-corrected chi connectivity index (χ1v) is 8.03. The summed E-state index contributed by atoms with van der Waals surface area (Å²) >= 11 is 0. The topological polar surface area (TPSA) is 66.5 Å². The van der Waals surface area contributed by atoms with E-state index in [0.717, 1.165) is 11.1 Å². The van der Waals surface area contributed by atoms with Crippen LogP contribution in [0.3, 0.4) is 0 Å². The van der Waals surface area contributed by atoms with Crippen molar-refractivity contribution >= 4 is 29.0 Å². The highest BCUT2D eigenvalue weighted by Crippen LogP contribution is 2.19. The van der Waals surface area contributed by atoms with E-state index >= 15 is 0 Å². The molecular formula is C20H22N2O3. The number of Topliss-reactive ketones (excluding diaryl/α,β-unsaturated/α-hetero) is 1. The van der Waals surface area contributed by atoms with Gasteiger partial charge in [0.25, 0.3) is 0 Å². The molecule has 130 valence electrons. The molecule has 0 aliphatic carbocycles. The zero-order valence-electron chi connectivity index (χ0n) is 14.9. The van der Waals surface area contributed by atoms with Crippen LogP contribution in [-0.2, 0) is 9.59 Å². The maximum atomic E-state index is 12.4. The third kappa shape index (κ3) is 5.01. The Morgan fingerprint density at radius 2 is 1.60 bits per heavy atom. The summed E-state index contributed by atoms with van der Waals surface area (Å²) in [6.45, 7) is 6.70. The van der Waals surface area contributed by atoms with E-state index in [1.54, 1.807) is 24.3 Å². The minimum Gasteiger partial charge on any atom is -0.325 e. The summed E-state index contributed by atoms with van der Waals surface area (Å²) in [5.41, 5.74) is 3.79. The molecule has 0 fully saturated rings. The van der Waals surface area contributed by atoms with Crippen LogP contribution in [0.2, 0.25) is 0 Å². The van der Waals surface area contributed by atoms with E-state index in [1.807, 2.05) is 32.0 Å². The molecule has 0 radical (unpaired) electrons. The normalized spacial score (nSPS) is 10.2. The summed E-state index contributed by atoms with van der Waals surface area (Å²) in [4.78, 5) is 37.2. The van der Waals surface area contributed by atoms with Crippen LogP contribution < -0.4 is 10.2 Å². The number of nitrogens with zero attached hydrogens (tertiary/aromatic N) is 1. The van der Waals surface area contributed by atoms with Crippen LogP contribution in [0.5, 0.6) is 0 Å². The lowest BCUT2D eigenvalue weighted by Crippen LogP contribution is -2.36. The minimum absolute atomic E-state index is 0.0725. The molecule has 25 heavy (non-hydrogen) atoms. The molecule has 2 rings (SSSR count). The number of benzene rings is 2. The van der Waals surface area contributed by atoms with Crippen molar-refractivity contribution in [2.75, 3.05) is 16.8 Å². The molecule has 0 bridgehead atoms. The number of ketones is 1. The fraction of sp³-hybridized carbons (Fsp3) is 0.250. The molecule has 5 nitrogen and oxygen atoms in total. The molecule has 0 unspecified atom stereocenters. The molecule has 0 aliphatic heterocycles. The number of carbonyl (C=O) groups excluding carboxylic acids is 3. The highest BCUT2D eigenvalue weighted by molar-refractivity contribution is 6.02. The molecule has 2 aromatic rings. The van der Waals surface area contributed by atoms with Gasteiger partial charge in [0, 0.05) is 23.9 Å². The summed E-state index contributed by atoms with van der Waals surface area (Å²) in [5, 5.41) is 2.74. The van der Waals surface area contributed by atoms with Gasteiger partial charge in [0.1, 0.15) is 6.54 Å². The van der Waals surface area contributed by atoms with Crippen molar-refractivity contribution in [1.82, 2.24) is 0 Å². The lowest BCUT2D eigenvalue weighted by atomic mass is 10.1. The zero-order valence-corrected chi connectivity index (χ0v) is 14.9.